The molecule has 2 rings (SSSR count). The van der Waals surface area contributed by atoms with Gasteiger partial charge in [0, 0.05) is 12.1 Å². The Bertz CT molecular complexity index is 542. The van der Waals surface area contributed by atoms with E-state index >= 15 is 0 Å². The van der Waals surface area contributed by atoms with E-state index in [1.165, 1.54) is 22.3 Å². The second-order valence-electron chi connectivity index (χ2n) is 5.56. The van der Waals surface area contributed by atoms with E-state index in [1.807, 2.05) is 0 Å². The van der Waals surface area contributed by atoms with Crippen molar-refractivity contribution in [2.45, 2.75) is 46.2 Å². The molecular formula is C19H25N. The number of nitrogens with one attached hydrogen (secondary N) is 1. The van der Waals surface area contributed by atoms with E-state index in [9.17, 15) is 0 Å². The molecular weight excluding hydrogens is 242 g/mol. The summed E-state index contributed by atoms with van der Waals surface area (Å²) >= 11 is 0. The molecule has 0 amide bonds. The van der Waals surface area contributed by atoms with E-state index in [4.69, 9.17) is 0 Å². The van der Waals surface area contributed by atoms with E-state index in [1.54, 1.807) is 0 Å². The average Bonchev–Trinajstić information content (AvgIpc) is 2.47. The maximum Gasteiger partial charge on any atom is 0.0300 e. The number of hydrogen-bond donors (Lipinski definition) is 1. The van der Waals surface area contributed by atoms with Crippen LogP contribution in [0.4, 0.5) is 0 Å². The summed E-state index contributed by atoms with van der Waals surface area (Å²) in [5.74, 6) is 0. The molecule has 1 unspecified atom stereocenters. The first-order valence-electron chi connectivity index (χ1n) is 7.52. The van der Waals surface area contributed by atoms with Crippen LogP contribution >= 0.6 is 0 Å². The molecule has 0 radical (unpaired) electrons. The normalized spacial score (nSPS) is 14.0. The summed E-state index contributed by atoms with van der Waals surface area (Å²) in [4.78, 5) is 0. The van der Waals surface area contributed by atoms with Crippen LogP contribution in [0.15, 0.2) is 48.5 Å². The third-order valence-corrected chi connectivity index (χ3v) is 4.04. The molecule has 0 aliphatic carbocycles. The molecule has 2 aromatic carbocycles. The summed E-state index contributed by atoms with van der Waals surface area (Å²) in [5.41, 5.74) is 5.47. The van der Waals surface area contributed by atoms with Crippen LogP contribution in [-0.2, 0) is 6.42 Å². The van der Waals surface area contributed by atoms with Gasteiger partial charge in [-0.3, -0.25) is 0 Å². The second kappa shape index (κ2) is 6.71. The van der Waals surface area contributed by atoms with Gasteiger partial charge in [-0.05, 0) is 49.4 Å². The van der Waals surface area contributed by atoms with Gasteiger partial charge in [-0.2, -0.15) is 0 Å². The van der Waals surface area contributed by atoms with Gasteiger partial charge in [0.15, 0.2) is 0 Å². The van der Waals surface area contributed by atoms with Crippen LogP contribution in [0.3, 0.4) is 0 Å². The molecule has 0 aromatic heterocycles. The van der Waals surface area contributed by atoms with Gasteiger partial charge < -0.3 is 5.32 Å². The fourth-order valence-corrected chi connectivity index (χ4v) is 2.68. The largest absolute Gasteiger partial charge is 0.304 e. The van der Waals surface area contributed by atoms with Crippen LogP contribution in [0.25, 0.3) is 0 Å². The highest BCUT2D eigenvalue weighted by Gasteiger charge is 2.12. The van der Waals surface area contributed by atoms with Crippen LogP contribution in [0.2, 0.25) is 0 Å². The van der Waals surface area contributed by atoms with Gasteiger partial charge in [0.1, 0.15) is 0 Å². The number of rotatable bonds is 5. The van der Waals surface area contributed by atoms with Crippen molar-refractivity contribution in [3.05, 3.63) is 70.8 Å². The van der Waals surface area contributed by atoms with Crippen molar-refractivity contribution in [2.24, 2.45) is 0 Å². The first kappa shape index (κ1) is 14.8. The Balaban J connectivity index is 2.06. The standard InChI is InChI=1S/C19H25N/c1-5-17-10-12-18(13-11-17)15(3)20-16(4)19-9-7-6-8-14(19)2/h6-13,15-16,20H,5H2,1-4H3/t15?,16-/m1/s1. The Labute approximate surface area is 123 Å². The molecule has 20 heavy (non-hydrogen) atoms. The number of benzene rings is 2. The van der Waals surface area contributed by atoms with Crippen LogP contribution in [0, 0.1) is 6.92 Å². The van der Waals surface area contributed by atoms with E-state index in [2.05, 4.69) is 81.5 Å². The summed E-state index contributed by atoms with van der Waals surface area (Å²) in [6.45, 7) is 8.83. The number of hydrogen-bond acceptors (Lipinski definition) is 1. The monoisotopic (exact) mass is 267 g/mol. The molecule has 0 heterocycles. The van der Waals surface area contributed by atoms with E-state index in [0.29, 0.717) is 12.1 Å². The molecule has 1 heteroatoms. The van der Waals surface area contributed by atoms with E-state index in [0.717, 1.165) is 6.42 Å². The first-order chi connectivity index (χ1) is 9.61. The smallest absolute Gasteiger partial charge is 0.0300 e. The maximum absolute atomic E-state index is 3.69. The van der Waals surface area contributed by atoms with Gasteiger partial charge >= 0.3 is 0 Å². The van der Waals surface area contributed by atoms with Gasteiger partial charge in [-0.25, -0.2) is 0 Å². The third-order valence-electron chi connectivity index (χ3n) is 4.04. The van der Waals surface area contributed by atoms with Crippen molar-refractivity contribution in [1.82, 2.24) is 5.32 Å². The van der Waals surface area contributed by atoms with Crippen LogP contribution in [0.5, 0.6) is 0 Å². The fourth-order valence-electron chi connectivity index (χ4n) is 2.68. The Hall–Kier alpha value is -1.60. The zero-order chi connectivity index (χ0) is 14.5. The Morgan fingerprint density at radius 2 is 1.55 bits per heavy atom. The van der Waals surface area contributed by atoms with Crippen molar-refractivity contribution in [2.75, 3.05) is 0 Å². The zero-order valence-corrected chi connectivity index (χ0v) is 13.0. The van der Waals surface area contributed by atoms with Gasteiger partial charge in [0.25, 0.3) is 0 Å². The van der Waals surface area contributed by atoms with Gasteiger partial charge in [0.05, 0.1) is 0 Å². The molecule has 0 saturated heterocycles. The lowest BCUT2D eigenvalue weighted by Crippen LogP contribution is -2.23. The summed E-state index contributed by atoms with van der Waals surface area (Å²) in [6, 6.07) is 18.2. The predicted molar refractivity (Wildman–Crippen MR) is 87.0 cm³/mol. The topological polar surface area (TPSA) is 12.0 Å². The minimum absolute atomic E-state index is 0.357. The average molecular weight is 267 g/mol. The second-order valence-corrected chi connectivity index (χ2v) is 5.56. The fraction of sp³-hybridized carbons (Fsp3) is 0.368. The van der Waals surface area contributed by atoms with Crippen molar-refractivity contribution in [1.29, 1.82) is 0 Å². The lowest BCUT2D eigenvalue weighted by molar-refractivity contribution is 0.493. The quantitative estimate of drug-likeness (QED) is 0.806. The predicted octanol–water partition coefficient (Wildman–Crippen LogP) is 4.97. The highest BCUT2D eigenvalue weighted by Crippen LogP contribution is 2.22. The molecule has 0 aliphatic heterocycles. The lowest BCUT2D eigenvalue weighted by atomic mass is 10.00. The highest BCUT2D eigenvalue weighted by atomic mass is 14.9. The van der Waals surface area contributed by atoms with Crippen molar-refractivity contribution in [3.8, 4) is 0 Å². The maximum atomic E-state index is 3.69. The van der Waals surface area contributed by atoms with Gasteiger partial charge in [-0.1, -0.05) is 55.5 Å². The minimum Gasteiger partial charge on any atom is -0.304 e. The molecule has 0 saturated carbocycles. The first-order valence-corrected chi connectivity index (χ1v) is 7.52. The molecule has 0 spiro atoms. The van der Waals surface area contributed by atoms with Gasteiger partial charge in [0.2, 0.25) is 0 Å². The Kier molecular flexibility index (Phi) is 4.97. The summed E-state index contributed by atoms with van der Waals surface area (Å²) in [6.07, 6.45) is 1.10. The molecule has 0 bridgehead atoms. The SMILES string of the molecule is CCc1ccc(C(C)N[C@H](C)c2ccccc2C)cc1. The van der Waals surface area contributed by atoms with E-state index in [-0.39, 0.29) is 0 Å². The van der Waals surface area contributed by atoms with E-state index < -0.39 is 0 Å². The molecule has 1 N–H and O–H groups in total. The van der Waals surface area contributed by atoms with Crippen molar-refractivity contribution < 1.29 is 0 Å². The summed E-state index contributed by atoms with van der Waals surface area (Å²) in [5, 5.41) is 3.69. The molecule has 0 aliphatic rings. The Morgan fingerprint density at radius 1 is 0.900 bits per heavy atom. The van der Waals surface area contributed by atoms with Crippen LogP contribution in [-0.4, -0.2) is 0 Å². The molecule has 2 atom stereocenters. The lowest BCUT2D eigenvalue weighted by Gasteiger charge is -2.22. The minimum atomic E-state index is 0.357. The van der Waals surface area contributed by atoms with Crippen LogP contribution < -0.4 is 5.32 Å². The summed E-state index contributed by atoms with van der Waals surface area (Å²) < 4.78 is 0. The van der Waals surface area contributed by atoms with Gasteiger partial charge in [-0.15, -0.1) is 0 Å². The van der Waals surface area contributed by atoms with Crippen molar-refractivity contribution in [3.63, 3.8) is 0 Å². The molecule has 2 aromatic rings. The Morgan fingerprint density at radius 3 is 2.15 bits per heavy atom. The molecule has 0 fully saturated rings. The summed E-state index contributed by atoms with van der Waals surface area (Å²) in [7, 11) is 0. The zero-order valence-electron chi connectivity index (χ0n) is 13.0. The molecule has 1 nitrogen and oxygen atoms in total. The van der Waals surface area contributed by atoms with Crippen LogP contribution in [0.1, 0.15) is 55.1 Å². The van der Waals surface area contributed by atoms with Crippen molar-refractivity contribution >= 4 is 0 Å². The third kappa shape index (κ3) is 3.49. The highest BCUT2D eigenvalue weighted by molar-refractivity contribution is 5.29. The molecule has 106 valence electrons. The number of aryl methyl sites for hydroxylation is 2.